The molecule has 0 unspecified atom stereocenters. The average molecular weight is 314 g/mol. The van der Waals surface area contributed by atoms with Gasteiger partial charge in [0.25, 0.3) is 0 Å². The summed E-state index contributed by atoms with van der Waals surface area (Å²) < 4.78 is 0. The number of aromatic nitrogens is 2. The lowest BCUT2D eigenvalue weighted by atomic mass is 10.4. The van der Waals surface area contributed by atoms with E-state index in [1.165, 1.54) is 17.8 Å². The van der Waals surface area contributed by atoms with Gasteiger partial charge >= 0.3 is 0 Å². The van der Waals surface area contributed by atoms with Gasteiger partial charge in [-0.1, -0.05) is 29.8 Å². The Hall–Kier alpha value is -1.30. The zero-order valence-corrected chi connectivity index (χ0v) is 12.0. The maximum atomic E-state index is 11.7. The molecule has 1 aromatic heterocycles. The molecule has 0 aliphatic rings. The minimum atomic E-state index is -0.181. The van der Waals surface area contributed by atoms with Crippen LogP contribution in [0.4, 0.5) is 5.82 Å². The molecule has 1 amide bonds. The zero-order chi connectivity index (χ0) is 13.7. The molecule has 0 saturated carbocycles. The molecule has 0 aliphatic heterocycles. The minimum absolute atomic E-state index is 0.00138. The van der Waals surface area contributed by atoms with Gasteiger partial charge in [0.2, 0.25) is 11.2 Å². The smallest absolute Gasteiger partial charge is 0.235 e. The van der Waals surface area contributed by atoms with Crippen LogP contribution in [0.5, 0.6) is 0 Å². The molecule has 0 bridgehead atoms. The summed E-state index contributed by atoms with van der Waals surface area (Å²) in [5.74, 6) is 0.395. The highest BCUT2D eigenvalue weighted by atomic mass is 35.5. The number of hydrogen-bond acceptors (Lipinski definition) is 4. The monoisotopic (exact) mass is 313 g/mol. The first kappa shape index (κ1) is 14.1. The summed E-state index contributed by atoms with van der Waals surface area (Å²) in [6.07, 6.45) is 0. The summed E-state index contributed by atoms with van der Waals surface area (Å²) >= 11 is 12.8. The number of hydrogen-bond donors (Lipinski definition) is 1. The summed E-state index contributed by atoms with van der Waals surface area (Å²) in [7, 11) is 0. The van der Waals surface area contributed by atoms with E-state index in [0.717, 1.165) is 4.90 Å². The topological polar surface area (TPSA) is 54.9 Å². The van der Waals surface area contributed by atoms with E-state index in [-0.39, 0.29) is 22.1 Å². The van der Waals surface area contributed by atoms with Gasteiger partial charge in [-0.2, -0.15) is 0 Å². The third-order valence-electron chi connectivity index (χ3n) is 2.05. The molecule has 0 aliphatic carbocycles. The zero-order valence-electron chi connectivity index (χ0n) is 9.64. The summed E-state index contributed by atoms with van der Waals surface area (Å²) in [6.45, 7) is 0. The molecule has 0 atom stereocenters. The number of carbonyl (C=O) groups excluding carboxylic acids is 1. The van der Waals surface area contributed by atoms with Gasteiger partial charge in [0.05, 0.1) is 5.75 Å². The molecule has 1 N–H and O–H groups in total. The highest BCUT2D eigenvalue weighted by molar-refractivity contribution is 8.00. The highest BCUT2D eigenvalue weighted by Gasteiger charge is 2.06. The first-order valence-corrected chi connectivity index (χ1v) is 7.05. The Bertz CT molecular complexity index is 560. The summed E-state index contributed by atoms with van der Waals surface area (Å²) in [5, 5.41) is 2.80. The largest absolute Gasteiger partial charge is 0.310 e. The number of halogens is 2. The Balaban J connectivity index is 1.91. The fourth-order valence-electron chi connectivity index (χ4n) is 1.30. The normalized spacial score (nSPS) is 10.2. The van der Waals surface area contributed by atoms with Gasteiger partial charge in [0, 0.05) is 11.0 Å². The van der Waals surface area contributed by atoms with Crippen LogP contribution in [-0.4, -0.2) is 21.6 Å². The lowest BCUT2D eigenvalue weighted by Crippen LogP contribution is -2.15. The van der Waals surface area contributed by atoms with Gasteiger partial charge in [-0.25, -0.2) is 9.97 Å². The van der Waals surface area contributed by atoms with E-state index in [2.05, 4.69) is 15.3 Å². The molecule has 4 nitrogen and oxygen atoms in total. The van der Waals surface area contributed by atoms with E-state index >= 15 is 0 Å². The van der Waals surface area contributed by atoms with Crippen molar-refractivity contribution in [3.63, 3.8) is 0 Å². The van der Waals surface area contributed by atoms with Crippen molar-refractivity contribution in [3.8, 4) is 0 Å². The predicted molar refractivity (Wildman–Crippen MR) is 77.8 cm³/mol. The molecule has 0 spiro atoms. The second-order valence-electron chi connectivity index (χ2n) is 3.49. The van der Waals surface area contributed by atoms with Crippen molar-refractivity contribution in [2.75, 3.05) is 11.1 Å². The standard InChI is InChI=1S/C12H9Cl2N3OS/c13-9-6-10(17-12(14)15-9)16-11(18)7-19-8-4-2-1-3-5-8/h1-6H,7H2,(H,15,16,17,18). The van der Waals surface area contributed by atoms with Crippen molar-refractivity contribution >= 4 is 46.7 Å². The maximum Gasteiger partial charge on any atom is 0.235 e. The summed E-state index contributed by atoms with van der Waals surface area (Å²) in [5.41, 5.74) is 0. The first-order chi connectivity index (χ1) is 9.13. The fourth-order valence-corrected chi connectivity index (χ4v) is 2.43. The summed E-state index contributed by atoms with van der Waals surface area (Å²) in [4.78, 5) is 20.3. The Morgan fingerprint density at radius 3 is 2.63 bits per heavy atom. The van der Waals surface area contributed by atoms with Crippen LogP contribution in [0.15, 0.2) is 41.3 Å². The molecule has 0 fully saturated rings. The molecular formula is C12H9Cl2N3OS. The van der Waals surface area contributed by atoms with Crippen LogP contribution in [0.25, 0.3) is 0 Å². The van der Waals surface area contributed by atoms with Gasteiger partial charge in [-0.05, 0) is 23.7 Å². The molecule has 1 aromatic carbocycles. The number of carbonyl (C=O) groups is 1. The van der Waals surface area contributed by atoms with E-state index < -0.39 is 0 Å². The van der Waals surface area contributed by atoms with Gasteiger partial charge in [-0.15, -0.1) is 11.8 Å². The first-order valence-electron chi connectivity index (χ1n) is 5.31. The molecular weight excluding hydrogens is 305 g/mol. The van der Waals surface area contributed by atoms with Gasteiger partial charge in [0.15, 0.2) is 0 Å². The predicted octanol–water partition coefficient (Wildman–Crippen LogP) is 3.51. The van der Waals surface area contributed by atoms with Gasteiger partial charge in [0.1, 0.15) is 11.0 Å². The molecule has 0 saturated heterocycles. The second kappa shape index (κ2) is 6.75. The van der Waals surface area contributed by atoms with E-state index in [9.17, 15) is 4.79 Å². The maximum absolute atomic E-state index is 11.7. The van der Waals surface area contributed by atoms with Crippen LogP contribution in [0.1, 0.15) is 0 Å². The van der Waals surface area contributed by atoms with Crippen molar-refractivity contribution in [3.05, 3.63) is 46.8 Å². The molecule has 7 heteroatoms. The summed E-state index contributed by atoms with van der Waals surface area (Å²) in [6, 6.07) is 11.1. The highest BCUT2D eigenvalue weighted by Crippen LogP contribution is 2.18. The molecule has 2 rings (SSSR count). The molecule has 19 heavy (non-hydrogen) atoms. The SMILES string of the molecule is O=C(CSc1ccccc1)Nc1cc(Cl)nc(Cl)n1. The van der Waals surface area contributed by atoms with Gasteiger partial charge < -0.3 is 5.32 Å². The van der Waals surface area contributed by atoms with Crippen LogP contribution in [0, 0.1) is 0 Å². The Morgan fingerprint density at radius 2 is 1.95 bits per heavy atom. The Labute approximate surface area is 124 Å². The third-order valence-corrected chi connectivity index (χ3v) is 3.42. The Morgan fingerprint density at radius 1 is 1.21 bits per heavy atom. The van der Waals surface area contributed by atoms with Crippen LogP contribution < -0.4 is 5.32 Å². The minimum Gasteiger partial charge on any atom is -0.310 e. The fraction of sp³-hybridized carbons (Fsp3) is 0.0833. The molecule has 2 aromatic rings. The number of benzene rings is 1. The number of nitrogens with zero attached hydrogens (tertiary/aromatic N) is 2. The molecule has 0 radical (unpaired) electrons. The average Bonchev–Trinajstić information content (AvgIpc) is 2.36. The van der Waals surface area contributed by atoms with E-state index in [1.54, 1.807) is 0 Å². The van der Waals surface area contributed by atoms with Crippen LogP contribution in [0.3, 0.4) is 0 Å². The lowest BCUT2D eigenvalue weighted by molar-refractivity contribution is -0.113. The lowest BCUT2D eigenvalue weighted by Gasteiger charge is -2.04. The second-order valence-corrected chi connectivity index (χ2v) is 5.27. The van der Waals surface area contributed by atoms with Crippen LogP contribution in [-0.2, 0) is 4.79 Å². The quantitative estimate of drug-likeness (QED) is 0.533. The number of thioether (sulfide) groups is 1. The van der Waals surface area contributed by atoms with Crippen molar-refractivity contribution in [1.29, 1.82) is 0 Å². The van der Waals surface area contributed by atoms with Crippen molar-refractivity contribution in [2.24, 2.45) is 0 Å². The van der Waals surface area contributed by atoms with Crippen molar-refractivity contribution in [1.82, 2.24) is 9.97 Å². The Kier molecular flexibility index (Phi) is 5.01. The molecule has 98 valence electrons. The van der Waals surface area contributed by atoms with Crippen molar-refractivity contribution in [2.45, 2.75) is 4.90 Å². The molecule has 1 heterocycles. The van der Waals surface area contributed by atoms with Crippen LogP contribution in [0.2, 0.25) is 10.4 Å². The number of rotatable bonds is 4. The van der Waals surface area contributed by atoms with Gasteiger partial charge in [-0.3, -0.25) is 4.79 Å². The van der Waals surface area contributed by atoms with Crippen molar-refractivity contribution < 1.29 is 4.79 Å². The number of amides is 1. The van der Waals surface area contributed by atoms with E-state index in [4.69, 9.17) is 23.2 Å². The van der Waals surface area contributed by atoms with Crippen LogP contribution >= 0.6 is 35.0 Å². The number of nitrogens with one attached hydrogen (secondary N) is 1. The number of anilines is 1. The van der Waals surface area contributed by atoms with E-state index in [0.29, 0.717) is 5.82 Å². The van der Waals surface area contributed by atoms with E-state index in [1.807, 2.05) is 30.3 Å². The third kappa shape index (κ3) is 4.70.